The molecule has 3 aromatic rings. The van der Waals surface area contributed by atoms with E-state index in [-0.39, 0.29) is 12.5 Å². The molecule has 0 bridgehead atoms. The molecule has 2 aliphatic rings. The van der Waals surface area contributed by atoms with Crippen molar-refractivity contribution >= 4 is 39.8 Å². The highest BCUT2D eigenvalue weighted by Crippen LogP contribution is 2.33. The second kappa shape index (κ2) is 7.24. The van der Waals surface area contributed by atoms with Crippen LogP contribution in [0.15, 0.2) is 42.0 Å². The van der Waals surface area contributed by atoms with Crippen LogP contribution in [0, 0.1) is 0 Å². The van der Waals surface area contributed by atoms with Gasteiger partial charge in [0.15, 0.2) is 4.96 Å². The van der Waals surface area contributed by atoms with Crippen LogP contribution in [0.5, 0.6) is 0 Å². The molecule has 1 spiro atoms. The highest BCUT2D eigenvalue weighted by Gasteiger charge is 2.51. The number of hydrogen-bond acceptors (Lipinski definition) is 5. The van der Waals surface area contributed by atoms with Crippen LogP contribution in [0.1, 0.15) is 32.1 Å². The molecule has 2 fully saturated rings. The molecule has 1 aliphatic heterocycles. The summed E-state index contributed by atoms with van der Waals surface area (Å²) in [6.45, 7) is -0.286. The number of hydrogen-bond donors (Lipinski definition) is 2. The van der Waals surface area contributed by atoms with Gasteiger partial charge in [-0.1, -0.05) is 31.4 Å². The number of nitrogens with zero attached hydrogens (tertiary/aromatic N) is 3. The van der Waals surface area contributed by atoms with E-state index in [1.165, 1.54) is 0 Å². The molecule has 2 aromatic heterocycles. The number of imidazole rings is 1. The first-order chi connectivity index (χ1) is 14.5. The second-order valence-electron chi connectivity index (χ2n) is 7.81. The largest absolute Gasteiger partial charge is 0.325 e. The Labute approximate surface area is 176 Å². The summed E-state index contributed by atoms with van der Waals surface area (Å²) >= 11 is 1.57. The van der Waals surface area contributed by atoms with E-state index in [9.17, 15) is 14.4 Å². The molecule has 4 amide bonds. The monoisotopic (exact) mass is 423 g/mol. The summed E-state index contributed by atoms with van der Waals surface area (Å²) in [6, 6.07) is 6.86. The number of rotatable bonds is 4. The van der Waals surface area contributed by atoms with Gasteiger partial charge in [-0.3, -0.25) is 18.9 Å². The van der Waals surface area contributed by atoms with Crippen LogP contribution in [-0.2, 0) is 9.59 Å². The highest BCUT2D eigenvalue weighted by molar-refractivity contribution is 7.15. The Bertz CT molecular complexity index is 1100. The van der Waals surface area contributed by atoms with E-state index < -0.39 is 17.5 Å². The number of carbonyl (C=O) groups is 3. The molecule has 0 radical (unpaired) electrons. The van der Waals surface area contributed by atoms with E-state index in [0.29, 0.717) is 18.5 Å². The van der Waals surface area contributed by atoms with Gasteiger partial charge < -0.3 is 10.6 Å². The average Bonchev–Trinajstić information content (AvgIpc) is 3.40. The molecule has 0 atom stereocenters. The van der Waals surface area contributed by atoms with E-state index in [1.54, 1.807) is 23.5 Å². The minimum atomic E-state index is -0.810. The van der Waals surface area contributed by atoms with Crippen molar-refractivity contribution in [3.63, 3.8) is 0 Å². The van der Waals surface area contributed by atoms with Crippen LogP contribution in [0.4, 0.5) is 10.5 Å². The molecular weight excluding hydrogens is 402 g/mol. The molecule has 1 aliphatic carbocycles. The molecule has 9 heteroatoms. The number of benzene rings is 1. The first-order valence-corrected chi connectivity index (χ1v) is 10.9. The highest BCUT2D eigenvalue weighted by atomic mass is 32.1. The quantitative estimate of drug-likeness (QED) is 0.630. The number of amides is 4. The summed E-state index contributed by atoms with van der Waals surface area (Å²) in [5.74, 6) is -0.681. The summed E-state index contributed by atoms with van der Waals surface area (Å²) in [5.41, 5.74) is 1.59. The zero-order chi connectivity index (χ0) is 20.7. The van der Waals surface area contributed by atoms with E-state index in [0.717, 1.165) is 40.4 Å². The number of imide groups is 1. The average molecular weight is 423 g/mol. The van der Waals surface area contributed by atoms with Crippen LogP contribution in [0.25, 0.3) is 16.2 Å². The van der Waals surface area contributed by atoms with E-state index in [1.807, 2.05) is 34.3 Å². The summed E-state index contributed by atoms with van der Waals surface area (Å²) in [5, 5.41) is 7.57. The predicted octanol–water partition coefficient (Wildman–Crippen LogP) is 3.26. The number of anilines is 1. The number of carbonyl (C=O) groups excluding carboxylic acids is 3. The van der Waals surface area contributed by atoms with Gasteiger partial charge >= 0.3 is 6.03 Å². The lowest BCUT2D eigenvalue weighted by Crippen LogP contribution is -2.48. The third-order valence-corrected chi connectivity index (χ3v) is 6.58. The van der Waals surface area contributed by atoms with Gasteiger partial charge in [0.25, 0.3) is 5.91 Å². The van der Waals surface area contributed by atoms with Crippen molar-refractivity contribution in [3.05, 3.63) is 42.0 Å². The molecule has 3 heterocycles. The Hall–Kier alpha value is -3.20. The Kier molecular flexibility index (Phi) is 4.54. The van der Waals surface area contributed by atoms with Gasteiger partial charge in [-0.15, -0.1) is 11.3 Å². The van der Waals surface area contributed by atoms with Gasteiger partial charge in [0.05, 0.1) is 5.69 Å². The number of aromatic nitrogens is 2. The van der Waals surface area contributed by atoms with Crippen LogP contribution < -0.4 is 10.6 Å². The number of urea groups is 1. The van der Waals surface area contributed by atoms with Crippen LogP contribution in [0.3, 0.4) is 0 Å². The third kappa shape index (κ3) is 3.24. The van der Waals surface area contributed by atoms with Gasteiger partial charge in [0.1, 0.15) is 12.1 Å². The first kappa shape index (κ1) is 18.8. The van der Waals surface area contributed by atoms with E-state index >= 15 is 0 Å². The van der Waals surface area contributed by atoms with Gasteiger partial charge in [0.2, 0.25) is 5.91 Å². The molecule has 2 N–H and O–H groups in total. The molecular formula is C21H21N5O3S. The van der Waals surface area contributed by atoms with Crippen molar-refractivity contribution < 1.29 is 14.4 Å². The molecule has 1 aromatic carbocycles. The fourth-order valence-electron chi connectivity index (χ4n) is 4.25. The summed E-state index contributed by atoms with van der Waals surface area (Å²) < 4.78 is 1.97. The Morgan fingerprint density at radius 3 is 2.67 bits per heavy atom. The maximum Gasteiger partial charge on any atom is 0.325 e. The standard InChI is InChI=1S/C21H21N5O3S/c27-17(13-26-18(28)21(24-19(26)29)8-2-1-3-9-21)22-15-6-4-14(5-7-15)16-12-25-10-11-30-20(25)23-16/h4-7,10-12H,1-3,8-9,13H2,(H,22,27)(H,24,29). The zero-order valence-corrected chi connectivity index (χ0v) is 17.1. The zero-order valence-electron chi connectivity index (χ0n) is 16.3. The van der Waals surface area contributed by atoms with Crippen molar-refractivity contribution in [2.24, 2.45) is 0 Å². The molecule has 30 heavy (non-hydrogen) atoms. The molecule has 8 nitrogen and oxygen atoms in total. The lowest BCUT2D eigenvalue weighted by Gasteiger charge is -2.30. The summed E-state index contributed by atoms with van der Waals surface area (Å²) in [4.78, 5) is 44.1. The third-order valence-electron chi connectivity index (χ3n) is 5.81. The van der Waals surface area contributed by atoms with Crippen LogP contribution >= 0.6 is 11.3 Å². The molecule has 5 rings (SSSR count). The first-order valence-electron chi connectivity index (χ1n) is 10.0. The van der Waals surface area contributed by atoms with Crippen molar-refractivity contribution in [3.8, 4) is 11.3 Å². The Morgan fingerprint density at radius 1 is 1.17 bits per heavy atom. The van der Waals surface area contributed by atoms with Crippen molar-refractivity contribution in [1.29, 1.82) is 0 Å². The maximum absolute atomic E-state index is 12.8. The molecule has 1 saturated heterocycles. The molecule has 0 unspecified atom stereocenters. The van der Waals surface area contributed by atoms with Gasteiger partial charge in [-0.05, 0) is 25.0 Å². The van der Waals surface area contributed by atoms with Gasteiger partial charge in [-0.2, -0.15) is 0 Å². The van der Waals surface area contributed by atoms with Crippen LogP contribution in [0.2, 0.25) is 0 Å². The lowest BCUT2D eigenvalue weighted by atomic mass is 9.82. The topological polar surface area (TPSA) is 95.8 Å². The van der Waals surface area contributed by atoms with Crippen molar-refractivity contribution in [2.45, 2.75) is 37.6 Å². The van der Waals surface area contributed by atoms with Crippen molar-refractivity contribution in [1.82, 2.24) is 19.6 Å². The molecule has 1 saturated carbocycles. The summed E-state index contributed by atoms with van der Waals surface area (Å²) in [7, 11) is 0. The minimum Gasteiger partial charge on any atom is -0.325 e. The molecule has 154 valence electrons. The van der Waals surface area contributed by atoms with Gasteiger partial charge in [-0.25, -0.2) is 9.78 Å². The smallest absolute Gasteiger partial charge is 0.325 e. The number of thiazole rings is 1. The fraction of sp³-hybridized carbons (Fsp3) is 0.333. The van der Waals surface area contributed by atoms with Gasteiger partial charge in [0, 0.05) is 29.0 Å². The second-order valence-corrected chi connectivity index (χ2v) is 8.68. The number of nitrogens with one attached hydrogen (secondary N) is 2. The number of fused-ring (bicyclic) bond motifs is 1. The fourth-order valence-corrected chi connectivity index (χ4v) is 4.95. The van der Waals surface area contributed by atoms with E-state index in [4.69, 9.17) is 0 Å². The lowest BCUT2D eigenvalue weighted by molar-refractivity contribution is -0.134. The maximum atomic E-state index is 12.8. The van der Waals surface area contributed by atoms with E-state index in [2.05, 4.69) is 15.6 Å². The van der Waals surface area contributed by atoms with Crippen molar-refractivity contribution in [2.75, 3.05) is 11.9 Å². The normalized spacial score (nSPS) is 18.2. The summed E-state index contributed by atoms with van der Waals surface area (Å²) in [6.07, 6.45) is 8.08. The Morgan fingerprint density at radius 2 is 1.93 bits per heavy atom. The Balaban J connectivity index is 1.24. The predicted molar refractivity (Wildman–Crippen MR) is 113 cm³/mol. The van der Waals surface area contributed by atoms with Crippen LogP contribution in [-0.4, -0.2) is 44.2 Å². The minimum absolute atomic E-state index is 0.280. The SMILES string of the molecule is O=C(CN1C(=O)NC2(CCCCC2)C1=O)Nc1ccc(-c2cn3ccsc3n2)cc1.